The Labute approximate surface area is 129 Å². The summed E-state index contributed by atoms with van der Waals surface area (Å²) in [7, 11) is 1.73. The zero-order valence-electron chi connectivity index (χ0n) is 13.4. The van der Waals surface area contributed by atoms with Crippen molar-refractivity contribution in [3.63, 3.8) is 0 Å². The zero-order valence-corrected chi connectivity index (χ0v) is 13.4. The summed E-state index contributed by atoms with van der Waals surface area (Å²) >= 11 is 0. The maximum atomic E-state index is 13.4. The summed E-state index contributed by atoms with van der Waals surface area (Å²) in [6.45, 7) is 6.69. The van der Waals surface area contributed by atoms with Gasteiger partial charge in [-0.15, -0.1) is 0 Å². The van der Waals surface area contributed by atoms with E-state index in [1.54, 1.807) is 11.9 Å². The number of carbonyl (C=O) groups excluding carboxylic acids is 1. The number of amides is 1. The third-order valence-electron chi connectivity index (χ3n) is 3.65. The van der Waals surface area contributed by atoms with Gasteiger partial charge in [0.15, 0.2) is 0 Å². The van der Waals surface area contributed by atoms with Crippen molar-refractivity contribution < 1.29 is 14.1 Å². The van der Waals surface area contributed by atoms with E-state index in [1.807, 2.05) is 18.7 Å². The van der Waals surface area contributed by atoms with Gasteiger partial charge in [-0.3, -0.25) is 14.9 Å². The van der Waals surface area contributed by atoms with Gasteiger partial charge in [-0.25, -0.2) is 4.39 Å². The van der Waals surface area contributed by atoms with Crippen LogP contribution in [-0.2, 0) is 4.79 Å². The lowest BCUT2D eigenvalue weighted by Crippen LogP contribution is -2.37. The number of nitro groups is 1. The minimum Gasteiger partial charge on any atom is -0.369 e. The predicted molar refractivity (Wildman–Crippen MR) is 83.5 cm³/mol. The van der Waals surface area contributed by atoms with Crippen LogP contribution in [0.3, 0.4) is 0 Å². The SMILES string of the molecule is CC.CC(=O)N(C)C1CCN(c2cc(F)cc([N+](=O)[O-])c2)C1. The molecule has 0 radical (unpaired) electrons. The molecule has 2 rings (SSSR count). The molecule has 1 saturated heterocycles. The molecule has 1 aromatic carbocycles. The van der Waals surface area contributed by atoms with Gasteiger partial charge in [-0.05, 0) is 12.5 Å². The molecular weight excluding hydrogens is 289 g/mol. The summed E-state index contributed by atoms with van der Waals surface area (Å²) in [5, 5.41) is 10.7. The van der Waals surface area contributed by atoms with Crippen LogP contribution < -0.4 is 4.90 Å². The first-order valence-corrected chi connectivity index (χ1v) is 7.32. The second-order valence-corrected chi connectivity index (χ2v) is 4.94. The monoisotopic (exact) mass is 311 g/mol. The van der Waals surface area contributed by atoms with Gasteiger partial charge in [-0.1, -0.05) is 13.8 Å². The molecule has 1 fully saturated rings. The molecule has 7 heteroatoms. The van der Waals surface area contributed by atoms with Crippen LogP contribution in [0.25, 0.3) is 0 Å². The van der Waals surface area contributed by atoms with E-state index in [2.05, 4.69) is 0 Å². The van der Waals surface area contributed by atoms with Gasteiger partial charge in [0.05, 0.1) is 17.0 Å². The fourth-order valence-corrected chi connectivity index (χ4v) is 2.40. The number of nitro benzene ring substituents is 1. The second-order valence-electron chi connectivity index (χ2n) is 4.94. The fourth-order valence-electron chi connectivity index (χ4n) is 2.40. The van der Waals surface area contributed by atoms with Gasteiger partial charge in [0, 0.05) is 38.8 Å². The number of benzene rings is 1. The number of likely N-dealkylation sites (N-methyl/N-ethyl adjacent to an activating group) is 1. The van der Waals surface area contributed by atoms with Crippen LogP contribution in [0.1, 0.15) is 27.2 Å². The standard InChI is InChI=1S/C13H16FN3O3.C2H6/c1-9(18)15(2)11-3-4-16(8-11)12-5-10(14)6-13(7-12)17(19)20;1-2/h5-7,11H,3-4,8H2,1-2H3;1-2H3. The molecule has 1 aliphatic rings. The molecule has 0 aromatic heterocycles. The quantitative estimate of drug-likeness (QED) is 0.636. The Bertz CT molecular complexity index is 551. The lowest BCUT2D eigenvalue weighted by molar-refractivity contribution is -0.385. The van der Waals surface area contributed by atoms with Crippen LogP contribution in [0.4, 0.5) is 15.8 Å². The molecule has 0 N–H and O–H groups in total. The largest absolute Gasteiger partial charge is 0.369 e. The molecule has 0 saturated carbocycles. The van der Waals surface area contributed by atoms with E-state index >= 15 is 0 Å². The highest BCUT2D eigenvalue weighted by Gasteiger charge is 2.28. The highest BCUT2D eigenvalue weighted by molar-refractivity contribution is 5.73. The van der Waals surface area contributed by atoms with E-state index in [0.29, 0.717) is 18.8 Å². The molecular formula is C15H22FN3O3. The number of non-ortho nitro benzene ring substituents is 1. The molecule has 0 aliphatic carbocycles. The van der Waals surface area contributed by atoms with Crippen molar-refractivity contribution in [2.24, 2.45) is 0 Å². The van der Waals surface area contributed by atoms with Crippen molar-refractivity contribution in [1.29, 1.82) is 0 Å². The smallest absolute Gasteiger partial charge is 0.274 e. The minimum atomic E-state index is -0.627. The molecule has 1 amide bonds. The summed E-state index contributed by atoms with van der Waals surface area (Å²) in [6, 6.07) is 3.59. The van der Waals surface area contributed by atoms with Crippen molar-refractivity contribution in [2.45, 2.75) is 33.2 Å². The first-order valence-electron chi connectivity index (χ1n) is 7.32. The molecule has 22 heavy (non-hydrogen) atoms. The maximum Gasteiger partial charge on any atom is 0.274 e. The average molecular weight is 311 g/mol. The highest BCUT2D eigenvalue weighted by atomic mass is 19.1. The van der Waals surface area contributed by atoms with Crippen molar-refractivity contribution in [3.05, 3.63) is 34.1 Å². The van der Waals surface area contributed by atoms with E-state index in [0.717, 1.165) is 12.5 Å². The lowest BCUT2D eigenvalue weighted by Gasteiger charge is -2.24. The summed E-state index contributed by atoms with van der Waals surface area (Å²) in [5.41, 5.74) is 0.222. The van der Waals surface area contributed by atoms with Gasteiger partial charge in [0.1, 0.15) is 5.82 Å². The van der Waals surface area contributed by atoms with E-state index in [9.17, 15) is 19.3 Å². The zero-order chi connectivity index (χ0) is 16.9. The summed E-state index contributed by atoms with van der Waals surface area (Å²) in [5.74, 6) is -0.653. The molecule has 1 aliphatic heterocycles. The third-order valence-corrected chi connectivity index (χ3v) is 3.65. The molecule has 1 heterocycles. The van der Waals surface area contributed by atoms with Crippen LogP contribution in [0.15, 0.2) is 18.2 Å². The highest BCUT2D eigenvalue weighted by Crippen LogP contribution is 2.27. The Balaban J connectivity index is 0.00000116. The van der Waals surface area contributed by atoms with E-state index < -0.39 is 10.7 Å². The molecule has 1 aromatic rings. The minimum absolute atomic E-state index is 0.0259. The second kappa shape index (κ2) is 7.72. The van der Waals surface area contributed by atoms with Gasteiger partial charge < -0.3 is 9.80 Å². The molecule has 0 spiro atoms. The van der Waals surface area contributed by atoms with Crippen LogP contribution in [-0.4, -0.2) is 41.9 Å². The Morgan fingerprint density at radius 3 is 2.59 bits per heavy atom. The first-order chi connectivity index (χ1) is 10.4. The number of carbonyl (C=O) groups is 1. The van der Waals surface area contributed by atoms with Crippen molar-refractivity contribution in [3.8, 4) is 0 Å². The van der Waals surface area contributed by atoms with Crippen LogP contribution in [0.5, 0.6) is 0 Å². The normalized spacial score (nSPS) is 16.8. The van der Waals surface area contributed by atoms with Crippen molar-refractivity contribution in [2.75, 3.05) is 25.0 Å². The Morgan fingerprint density at radius 1 is 1.41 bits per heavy atom. The summed E-state index contributed by atoms with van der Waals surface area (Å²) in [4.78, 5) is 25.0. The fraction of sp³-hybridized carbons (Fsp3) is 0.533. The first kappa shape index (κ1) is 17.9. The number of nitrogens with zero attached hydrogens (tertiary/aromatic N) is 3. The molecule has 1 atom stereocenters. The van der Waals surface area contributed by atoms with E-state index in [4.69, 9.17) is 0 Å². The van der Waals surface area contributed by atoms with Crippen LogP contribution in [0, 0.1) is 15.9 Å². The number of hydrogen-bond donors (Lipinski definition) is 0. The van der Waals surface area contributed by atoms with E-state index in [-0.39, 0.29) is 17.6 Å². The predicted octanol–water partition coefficient (Wildman–Crippen LogP) is 2.82. The van der Waals surface area contributed by atoms with Crippen LogP contribution >= 0.6 is 0 Å². The molecule has 6 nitrogen and oxygen atoms in total. The van der Waals surface area contributed by atoms with Crippen molar-refractivity contribution in [1.82, 2.24) is 4.90 Å². The van der Waals surface area contributed by atoms with Gasteiger partial charge in [-0.2, -0.15) is 0 Å². The molecule has 1 unspecified atom stereocenters. The number of hydrogen-bond acceptors (Lipinski definition) is 4. The average Bonchev–Trinajstić information content (AvgIpc) is 2.97. The third kappa shape index (κ3) is 4.16. The Morgan fingerprint density at radius 2 is 2.05 bits per heavy atom. The Kier molecular flexibility index (Phi) is 6.27. The number of halogens is 1. The maximum absolute atomic E-state index is 13.4. The van der Waals surface area contributed by atoms with Gasteiger partial charge in [0.25, 0.3) is 5.69 Å². The van der Waals surface area contributed by atoms with Crippen LogP contribution in [0.2, 0.25) is 0 Å². The van der Waals surface area contributed by atoms with Gasteiger partial charge in [0.2, 0.25) is 5.91 Å². The molecule has 122 valence electrons. The van der Waals surface area contributed by atoms with Gasteiger partial charge >= 0.3 is 0 Å². The Hall–Kier alpha value is -2.18. The van der Waals surface area contributed by atoms with E-state index in [1.165, 1.54) is 19.1 Å². The summed E-state index contributed by atoms with van der Waals surface area (Å²) in [6.07, 6.45) is 0.764. The topological polar surface area (TPSA) is 66.7 Å². The summed E-state index contributed by atoms with van der Waals surface area (Å²) < 4.78 is 13.4. The van der Waals surface area contributed by atoms with Crippen molar-refractivity contribution >= 4 is 17.3 Å². The number of rotatable bonds is 3. The molecule has 0 bridgehead atoms. The lowest BCUT2D eigenvalue weighted by atomic mass is 10.2. The number of anilines is 1.